The first kappa shape index (κ1) is 18.4. The van der Waals surface area contributed by atoms with E-state index < -0.39 is 0 Å². The van der Waals surface area contributed by atoms with Crippen molar-refractivity contribution in [1.29, 1.82) is 0 Å². The lowest BCUT2D eigenvalue weighted by Crippen LogP contribution is -2.38. The zero-order valence-electron chi connectivity index (χ0n) is 15.1. The summed E-state index contributed by atoms with van der Waals surface area (Å²) in [5.41, 5.74) is 1.24. The van der Waals surface area contributed by atoms with Crippen LogP contribution in [0.3, 0.4) is 0 Å². The van der Waals surface area contributed by atoms with Crippen molar-refractivity contribution < 1.29 is 14.4 Å². The van der Waals surface area contributed by atoms with Crippen LogP contribution in [0.2, 0.25) is 0 Å². The molecule has 2 saturated carbocycles. The maximum atomic E-state index is 12.1. The second-order valence-electron chi connectivity index (χ2n) is 7.22. The lowest BCUT2D eigenvalue weighted by molar-refractivity contribution is -0.125. The molecule has 2 aliphatic carbocycles. The van der Waals surface area contributed by atoms with Crippen LogP contribution < -0.4 is 16.0 Å². The molecule has 0 atom stereocenters. The highest BCUT2D eigenvalue weighted by molar-refractivity contribution is 5.96. The highest BCUT2D eigenvalue weighted by Gasteiger charge is 2.29. The number of hydrogen-bond donors (Lipinski definition) is 3. The summed E-state index contributed by atoms with van der Waals surface area (Å²) < 4.78 is 0. The number of nitrogens with one attached hydrogen (secondary N) is 3. The molecule has 0 aromatic heterocycles. The number of carbonyl (C=O) groups excluding carboxylic acids is 3. The highest BCUT2D eigenvalue weighted by atomic mass is 16.2. The lowest BCUT2D eigenvalue weighted by Gasteiger charge is -2.20. The molecule has 2 fully saturated rings. The molecule has 2 aliphatic rings. The smallest absolute Gasteiger partial charge is 0.251 e. The van der Waals surface area contributed by atoms with Crippen LogP contribution in [-0.2, 0) is 9.59 Å². The van der Waals surface area contributed by atoms with Gasteiger partial charge in [0, 0.05) is 36.2 Å². The lowest BCUT2D eigenvalue weighted by atomic mass is 9.89. The first-order valence-electron chi connectivity index (χ1n) is 9.60. The van der Waals surface area contributed by atoms with Gasteiger partial charge in [-0.1, -0.05) is 19.3 Å². The van der Waals surface area contributed by atoms with E-state index in [4.69, 9.17) is 0 Å². The van der Waals surface area contributed by atoms with Crippen LogP contribution in [0, 0.1) is 11.8 Å². The zero-order chi connectivity index (χ0) is 18.4. The van der Waals surface area contributed by atoms with Gasteiger partial charge in [0.2, 0.25) is 11.8 Å². The second-order valence-corrected chi connectivity index (χ2v) is 7.22. The first-order chi connectivity index (χ1) is 12.6. The second kappa shape index (κ2) is 8.83. The van der Waals surface area contributed by atoms with Gasteiger partial charge in [0.15, 0.2) is 0 Å². The van der Waals surface area contributed by atoms with Gasteiger partial charge in [-0.3, -0.25) is 14.4 Å². The molecule has 0 aliphatic heterocycles. The Labute approximate surface area is 154 Å². The number of hydrogen-bond acceptors (Lipinski definition) is 3. The van der Waals surface area contributed by atoms with Gasteiger partial charge in [0.05, 0.1) is 0 Å². The Morgan fingerprint density at radius 3 is 2.04 bits per heavy atom. The van der Waals surface area contributed by atoms with Gasteiger partial charge < -0.3 is 16.0 Å². The van der Waals surface area contributed by atoms with Gasteiger partial charge in [-0.25, -0.2) is 0 Å². The fraction of sp³-hybridized carbons (Fsp3) is 0.550. The Morgan fingerprint density at radius 2 is 1.38 bits per heavy atom. The van der Waals surface area contributed by atoms with Gasteiger partial charge in [-0.15, -0.1) is 0 Å². The van der Waals surface area contributed by atoms with E-state index in [2.05, 4.69) is 16.0 Å². The van der Waals surface area contributed by atoms with Gasteiger partial charge in [-0.2, -0.15) is 0 Å². The Balaban J connectivity index is 1.36. The third kappa shape index (κ3) is 5.31. The molecular weight excluding hydrogens is 330 g/mol. The zero-order valence-corrected chi connectivity index (χ0v) is 15.1. The molecule has 0 heterocycles. The monoisotopic (exact) mass is 357 g/mol. The number of rotatable bonds is 7. The van der Waals surface area contributed by atoms with E-state index in [9.17, 15) is 14.4 Å². The number of benzene rings is 1. The molecule has 3 rings (SSSR count). The summed E-state index contributed by atoms with van der Waals surface area (Å²) in [6, 6.07) is 6.86. The Kier molecular flexibility index (Phi) is 6.26. The van der Waals surface area contributed by atoms with Crippen molar-refractivity contribution in [3.05, 3.63) is 29.8 Å². The quantitative estimate of drug-likeness (QED) is 0.655. The standard InChI is InChI=1S/C20H27N3O3/c24-18(14-4-2-1-3-5-14)21-12-13-22-19(25)15-8-10-17(11-9-15)23-20(26)16-6-7-16/h8-11,14,16H,1-7,12-13H2,(H,21,24)(H,22,25)(H,23,26). The predicted octanol–water partition coefficient (Wildman–Crippen LogP) is 2.46. The molecular formula is C20H27N3O3. The number of carbonyl (C=O) groups is 3. The minimum Gasteiger partial charge on any atom is -0.354 e. The summed E-state index contributed by atoms with van der Waals surface area (Å²) in [6.45, 7) is 0.841. The minimum absolute atomic E-state index is 0.0518. The van der Waals surface area contributed by atoms with E-state index in [1.54, 1.807) is 24.3 Å². The average molecular weight is 357 g/mol. The highest BCUT2D eigenvalue weighted by Crippen LogP contribution is 2.30. The van der Waals surface area contributed by atoms with Crippen molar-refractivity contribution in [2.24, 2.45) is 11.8 Å². The largest absolute Gasteiger partial charge is 0.354 e. The summed E-state index contributed by atoms with van der Waals surface area (Å²) in [6.07, 6.45) is 7.36. The Hall–Kier alpha value is -2.37. The van der Waals surface area contributed by atoms with Crippen molar-refractivity contribution in [2.45, 2.75) is 44.9 Å². The van der Waals surface area contributed by atoms with Crippen molar-refractivity contribution in [2.75, 3.05) is 18.4 Å². The molecule has 0 spiro atoms. The SMILES string of the molecule is O=C(NCCNC(=O)C1CCCCC1)c1ccc(NC(=O)C2CC2)cc1. The fourth-order valence-corrected chi connectivity index (χ4v) is 3.27. The molecule has 1 aromatic carbocycles. The average Bonchev–Trinajstić information content (AvgIpc) is 3.51. The summed E-state index contributed by atoms with van der Waals surface area (Å²) in [7, 11) is 0. The van der Waals surface area contributed by atoms with Gasteiger partial charge in [0.25, 0.3) is 5.91 Å². The fourth-order valence-electron chi connectivity index (χ4n) is 3.27. The molecule has 0 bridgehead atoms. The molecule has 1 aromatic rings. The molecule has 6 nitrogen and oxygen atoms in total. The van der Waals surface area contributed by atoms with E-state index in [0.717, 1.165) is 38.5 Å². The van der Waals surface area contributed by atoms with Crippen LogP contribution in [0.25, 0.3) is 0 Å². The molecule has 3 amide bonds. The van der Waals surface area contributed by atoms with Crippen molar-refractivity contribution >= 4 is 23.4 Å². The summed E-state index contributed by atoms with van der Waals surface area (Å²) >= 11 is 0. The summed E-state index contributed by atoms with van der Waals surface area (Å²) in [4.78, 5) is 35.9. The topological polar surface area (TPSA) is 87.3 Å². The van der Waals surface area contributed by atoms with E-state index in [1.807, 2.05) is 0 Å². The molecule has 0 radical (unpaired) electrons. The van der Waals surface area contributed by atoms with Crippen molar-refractivity contribution in [3.63, 3.8) is 0 Å². The van der Waals surface area contributed by atoms with Crippen LogP contribution in [0.4, 0.5) is 5.69 Å². The molecule has 140 valence electrons. The third-order valence-corrected chi connectivity index (χ3v) is 5.05. The van der Waals surface area contributed by atoms with Crippen LogP contribution in [0.1, 0.15) is 55.3 Å². The third-order valence-electron chi connectivity index (χ3n) is 5.05. The van der Waals surface area contributed by atoms with Crippen LogP contribution in [-0.4, -0.2) is 30.8 Å². The van der Waals surface area contributed by atoms with Gasteiger partial charge in [0.1, 0.15) is 0 Å². The normalized spacial score (nSPS) is 17.4. The minimum atomic E-state index is -0.183. The van der Waals surface area contributed by atoms with E-state index in [-0.39, 0.29) is 29.6 Å². The van der Waals surface area contributed by atoms with Crippen molar-refractivity contribution in [3.8, 4) is 0 Å². The van der Waals surface area contributed by atoms with Crippen molar-refractivity contribution in [1.82, 2.24) is 10.6 Å². The Morgan fingerprint density at radius 1 is 0.769 bits per heavy atom. The molecule has 0 saturated heterocycles. The van der Waals surface area contributed by atoms with Gasteiger partial charge in [-0.05, 0) is 49.9 Å². The van der Waals surface area contributed by atoms with E-state index in [0.29, 0.717) is 24.3 Å². The van der Waals surface area contributed by atoms with Crippen LogP contribution >= 0.6 is 0 Å². The molecule has 6 heteroatoms. The van der Waals surface area contributed by atoms with E-state index in [1.165, 1.54) is 6.42 Å². The molecule has 0 unspecified atom stereocenters. The molecule has 26 heavy (non-hydrogen) atoms. The molecule has 3 N–H and O–H groups in total. The summed E-state index contributed by atoms with van der Waals surface area (Å²) in [5, 5.41) is 8.56. The summed E-state index contributed by atoms with van der Waals surface area (Å²) in [5.74, 6) is 0.266. The number of amides is 3. The Bertz CT molecular complexity index is 647. The number of anilines is 1. The van der Waals surface area contributed by atoms with Gasteiger partial charge >= 0.3 is 0 Å². The maximum absolute atomic E-state index is 12.1. The maximum Gasteiger partial charge on any atom is 0.251 e. The first-order valence-corrected chi connectivity index (χ1v) is 9.60. The van der Waals surface area contributed by atoms with Crippen LogP contribution in [0.5, 0.6) is 0 Å². The van der Waals surface area contributed by atoms with Crippen LogP contribution in [0.15, 0.2) is 24.3 Å². The van der Waals surface area contributed by atoms with E-state index >= 15 is 0 Å². The predicted molar refractivity (Wildman–Crippen MR) is 99.7 cm³/mol.